The van der Waals surface area contributed by atoms with Gasteiger partial charge in [-0.25, -0.2) is 0 Å². The molecule has 2 aromatic rings. The van der Waals surface area contributed by atoms with Gasteiger partial charge in [0.25, 0.3) is 0 Å². The summed E-state index contributed by atoms with van der Waals surface area (Å²) in [5, 5.41) is 0. The van der Waals surface area contributed by atoms with Gasteiger partial charge in [-0.1, -0.05) is 36.4 Å². The van der Waals surface area contributed by atoms with Gasteiger partial charge in [0.1, 0.15) is 0 Å². The number of fused-ring (bicyclic) bond motifs is 2. The van der Waals surface area contributed by atoms with E-state index >= 15 is 0 Å². The van der Waals surface area contributed by atoms with Crippen molar-refractivity contribution in [2.45, 2.75) is 6.04 Å². The predicted molar refractivity (Wildman–Crippen MR) is 78.8 cm³/mol. The summed E-state index contributed by atoms with van der Waals surface area (Å²) in [6.07, 6.45) is 4.29. The third kappa shape index (κ3) is 1.79. The van der Waals surface area contributed by atoms with Crippen LogP contribution < -0.4 is 9.64 Å². The van der Waals surface area contributed by atoms with E-state index in [2.05, 4.69) is 29.2 Å². The minimum atomic E-state index is 0.204. The molecule has 0 aromatic heterocycles. The number of hydrogen-bond acceptors (Lipinski definition) is 3. The lowest BCUT2D eigenvalue weighted by Crippen LogP contribution is -2.37. The molecule has 0 spiro atoms. The molecule has 1 atom stereocenters. The van der Waals surface area contributed by atoms with Crippen LogP contribution in [0.3, 0.4) is 0 Å². The monoisotopic (exact) mass is 265 g/mol. The standard InChI is InChI=1S/C17H15NO2/c1-3-9-16-14(7-1)18(13-6-5-11-19-12-13)15-8-2-4-10-17(15)20-16/h1-10,13H,11-12H2. The summed E-state index contributed by atoms with van der Waals surface area (Å²) < 4.78 is 11.6. The molecule has 0 radical (unpaired) electrons. The molecule has 20 heavy (non-hydrogen) atoms. The van der Waals surface area contributed by atoms with Gasteiger partial charge in [0.2, 0.25) is 0 Å². The fraction of sp³-hybridized carbons (Fsp3) is 0.176. The Bertz CT molecular complexity index is 620. The Hall–Kier alpha value is -2.26. The molecule has 0 amide bonds. The molecule has 0 saturated heterocycles. The van der Waals surface area contributed by atoms with E-state index in [9.17, 15) is 0 Å². The van der Waals surface area contributed by atoms with Gasteiger partial charge in [0.05, 0.1) is 30.6 Å². The van der Waals surface area contributed by atoms with Gasteiger partial charge in [0.15, 0.2) is 11.5 Å². The van der Waals surface area contributed by atoms with Gasteiger partial charge in [0, 0.05) is 0 Å². The summed E-state index contributed by atoms with van der Waals surface area (Å²) in [5.74, 6) is 1.79. The molecule has 2 heterocycles. The Morgan fingerprint density at radius 1 is 0.900 bits per heavy atom. The lowest BCUT2D eigenvalue weighted by molar-refractivity contribution is 0.146. The Morgan fingerprint density at radius 3 is 2.15 bits per heavy atom. The number of para-hydroxylation sites is 4. The van der Waals surface area contributed by atoms with E-state index in [1.54, 1.807) is 0 Å². The molecule has 1 unspecified atom stereocenters. The zero-order valence-electron chi connectivity index (χ0n) is 11.0. The Morgan fingerprint density at radius 2 is 1.55 bits per heavy atom. The van der Waals surface area contributed by atoms with Crippen molar-refractivity contribution < 1.29 is 9.47 Å². The average molecular weight is 265 g/mol. The summed E-state index contributed by atoms with van der Waals surface area (Å²) in [5.41, 5.74) is 2.18. The molecule has 0 aliphatic carbocycles. The Labute approximate surface area is 118 Å². The first-order chi connectivity index (χ1) is 9.93. The molecule has 0 bridgehead atoms. The van der Waals surface area contributed by atoms with Crippen LogP contribution in [0.15, 0.2) is 60.7 Å². The highest BCUT2D eigenvalue weighted by Gasteiger charge is 2.29. The molecule has 2 aliphatic heterocycles. The number of hydrogen-bond donors (Lipinski definition) is 0. The maximum Gasteiger partial charge on any atom is 0.151 e. The van der Waals surface area contributed by atoms with Crippen molar-refractivity contribution in [2.24, 2.45) is 0 Å². The van der Waals surface area contributed by atoms with Crippen LogP contribution in [-0.4, -0.2) is 19.3 Å². The van der Waals surface area contributed by atoms with Gasteiger partial charge in [-0.3, -0.25) is 0 Å². The smallest absolute Gasteiger partial charge is 0.151 e. The molecular formula is C17H15NO2. The van der Waals surface area contributed by atoms with Crippen molar-refractivity contribution in [3.05, 3.63) is 60.7 Å². The van der Waals surface area contributed by atoms with E-state index in [0.29, 0.717) is 13.2 Å². The SMILES string of the molecule is C1=CC(N2c3ccccc3Oc3ccccc32)COC1. The minimum absolute atomic E-state index is 0.204. The molecule has 4 rings (SSSR count). The first-order valence-corrected chi connectivity index (χ1v) is 6.83. The van der Waals surface area contributed by atoms with Crippen molar-refractivity contribution in [3.8, 4) is 11.5 Å². The third-order valence-electron chi connectivity index (χ3n) is 3.66. The van der Waals surface area contributed by atoms with Gasteiger partial charge in [-0.05, 0) is 24.3 Å². The van der Waals surface area contributed by atoms with Crippen molar-refractivity contribution >= 4 is 11.4 Å². The first kappa shape index (κ1) is 11.6. The third-order valence-corrected chi connectivity index (χ3v) is 3.66. The zero-order valence-corrected chi connectivity index (χ0v) is 11.0. The number of ether oxygens (including phenoxy) is 2. The van der Waals surface area contributed by atoms with Crippen LogP contribution >= 0.6 is 0 Å². The molecule has 3 heteroatoms. The highest BCUT2D eigenvalue weighted by Crippen LogP contribution is 2.47. The zero-order chi connectivity index (χ0) is 13.4. The second-order valence-electron chi connectivity index (χ2n) is 4.94. The van der Waals surface area contributed by atoms with Gasteiger partial charge < -0.3 is 14.4 Å². The van der Waals surface area contributed by atoms with E-state index < -0.39 is 0 Å². The van der Waals surface area contributed by atoms with Gasteiger partial charge in [-0.2, -0.15) is 0 Å². The largest absolute Gasteiger partial charge is 0.453 e. The van der Waals surface area contributed by atoms with E-state index in [-0.39, 0.29) is 6.04 Å². The Kier molecular flexibility index (Phi) is 2.71. The van der Waals surface area contributed by atoms with Crippen LogP contribution in [0, 0.1) is 0 Å². The van der Waals surface area contributed by atoms with Crippen molar-refractivity contribution in [3.63, 3.8) is 0 Å². The van der Waals surface area contributed by atoms with E-state index in [4.69, 9.17) is 9.47 Å². The molecule has 0 N–H and O–H groups in total. The lowest BCUT2D eigenvalue weighted by atomic mass is 10.1. The highest BCUT2D eigenvalue weighted by atomic mass is 16.5. The Balaban J connectivity index is 1.87. The van der Waals surface area contributed by atoms with E-state index in [1.807, 2.05) is 36.4 Å². The van der Waals surface area contributed by atoms with Crippen LogP contribution in [0.5, 0.6) is 11.5 Å². The summed E-state index contributed by atoms with van der Waals surface area (Å²) in [6, 6.07) is 16.5. The van der Waals surface area contributed by atoms with Gasteiger partial charge >= 0.3 is 0 Å². The second kappa shape index (κ2) is 4.69. The average Bonchev–Trinajstić information content (AvgIpc) is 2.53. The molecule has 0 fully saturated rings. The topological polar surface area (TPSA) is 21.7 Å². The maximum absolute atomic E-state index is 5.99. The second-order valence-corrected chi connectivity index (χ2v) is 4.94. The van der Waals surface area contributed by atoms with Gasteiger partial charge in [-0.15, -0.1) is 0 Å². The van der Waals surface area contributed by atoms with Crippen LogP contribution in [-0.2, 0) is 4.74 Å². The summed E-state index contributed by atoms with van der Waals surface area (Å²) >= 11 is 0. The quantitative estimate of drug-likeness (QED) is 0.730. The molecule has 2 aliphatic rings. The molecule has 100 valence electrons. The summed E-state index contributed by atoms with van der Waals surface area (Å²) in [7, 11) is 0. The van der Waals surface area contributed by atoms with Crippen LogP contribution in [0.4, 0.5) is 11.4 Å². The highest BCUT2D eigenvalue weighted by molar-refractivity contribution is 5.78. The van der Waals surface area contributed by atoms with Crippen molar-refractivity contribution in [2.75, 3.05) is 18.1 Å². The van der Waals surface area contributed by atoms with E-state index in [0.717, 1.165) is 22.9 Å². The number of nitrogens with zero attached hydrogens (tertiary/aromatic N) is 1. The maximum atomic E-state index is 5.99. The number of benzene rings is 2. The van der Waals surface area contributed by atoms with Crippen LogP contribution in [0.25, 0.3) is 0 Å². The molecule has 2 aromatic carbocycles. The molecule has 0 saturated carbocycles. The number of anilines is 2. The van der Waals surface area contributed by atoms with Crippen molar-refractivity contribution in [1.29, 1.82) is 0 Å². The first-order valence-electron chi connectivity index (χ1n) is 6.83. The normalized spacial score (nSPS) is 20.0. The van der Waals surface area contributed by atoms with E-state index in [1.165, 1.54) is 0 Å². The van der Waals surface area contributed by atoms with Crippen molar-refractivity contribution in [1.82, 2.24) is 0 Å². The van der Waals surface area contributed by atoms with Crippen LogP contribution in [0.1, 0.15) is 0 Å². The molecule has 3 nitrogen and oxygen atoms in total. The minimum Gasteiger partial charge on any atom is -0.453 e. The fourth-order valence-electron chi connectivity index (χ4n) is 2.78. The number of rotatable bonds is 1. The lowest BCUT2D eigenvalue weighted by Gasteiger charge is -2.38. The molecular weight excluding hydrogens is 250 g/mol. The fourth-order valence-corrected chi connectivity index (χ4v) is 2.78. The summed E-state index contributed by atoms with van der Waals surface area (Å²) in [6.45, 7) is 1.39. The predicted octanol–water partition coefficient (Wildman–Crippen LogP) is 3.89. The van der Waals surface area contributed by atoms with Crippen LogP contribution in [0.2, 0.25) is 0 Å². The summed E-state index contributed by atoms with van der Waals surface area (Å²) in [4.78, 5) is 2.30.